The standard InChI is InChI=1S/C16H12F3N3OS/c17-11-3-5-12(6-4-11)20-16-22-21-14(9-24-16)10-1-7-13(8-2-10)23-15(18)19/h1-8,15H,9H2,(H,20,22). The first-order chi connectivity index (χ1) is 11.6. The molecular weight excluding hydrogens is 339 g/mol. The molecule has 124 valence electrons. The van der Waals surface area contributed by atoms with E-state index in [4.69, 9.17) is 0 Å². The molecule has 0 bridgehead atoms. The van der Waals surface area contributed by atoms with E-state index in [1.165, 1.54) is 36.0 Å². The van der Waals surface area contributed by atoms with Gasteiger partial charge < -0.3 is 4.74 Å². The second-order valence-corrected chi connectivity index (χ2v) is 5.72. The van der Waals surface area contributed by atoms with Gasteiger partial charge in [0.1, 0.15) is 11.6 Å². The van der Waals surface area contributed by atoms with Crippen molar-refractivity contribution < 1.29 is 17.9 Å². The first kappa shape index (κ1) is 16.4. The van der Waals surface area contributed by atoms with Crippen molar-refractivity contribution >= 4 is 28.3 Å². The van der Waals surface area contributed by atoms with Crippen LogP contribution in [0.2, 0.25) is 0 Å². The highest BCUT2D eigenvalue weighted by atomic mass is 32.2. The fourth-order valence-corrected chi connectivity index (χ4v) is 2.77. The highest BCUT2D eigenvalue weighted by molar-refractivity contribution is 8.14. The van der Waals surface area contributed by atoms with Crippen LogP contribution in [0.1, 0.15) is 5.56 Å². The quantitative estimate of drug-likeness (QED) is 0.900. The summed E-state index contributed by atoms with van der Waals surface area (Å²) in [6, 6.07) is 12.1. The molecule has 0 spiro atoms. The third kappa shape index (κ3) is 4.29. The van der Waals surface area contributed by atoms with Gasteiger partial charge >= 0.3 is 6.61 Å². The number of hydrogen-bond donors (Lipinski definition) is 1. The van der Waals surface area contributed by atoms with Crippen LogP contribution in [0.15, 0.2) is 58.6 Å². The van der Waals surface area contributed by atoms with Crippen LogP contribution in [0.3, 0.4) is 0 Å². The van der Waals surface area contributed by atoms with E-state index in [9.17, 15) is 13.2 Å². The molecular formula is C16H12F3N3OS. The molecule has 1 heterocycles. The Kier molecular flexibility index (Phi) is 5.05. The molecule has 0 aromatic heterocycles. The molecule has 0 amide bonds. The lowest BCUT2D eigenvalue weighted by Gasteiger charge is -2.15. The first-order valence-electron chi connectivity index (χ1n) is 6.95. The second-order valence-electron chi connectivity index (χ2n) is 4.76. The zero-order valence-corrected chi connectivity index (χ0v) is 13.1. The number of hydrogen-bond acceptors (Lipinski definition) is 4. The number of benzene rings is 2. The summed E-state index contributed by atoms with van der Waals surface area (Å²) < 4.78 is 41.4. The second kappa shape index (κ2) is 7.39. The van der Waals surface area contributed by atoms with E-state index in [1.807, 2.05) is 0 Å². The summed E-state index contributed by atoms with van der Waals surface area (Å²) in [6.07, 6.45) is 0. The average Bonchev–Trinajstić information content (AvgIpc) is 2.58. The van der Waals surface area contributed by atoms with Crippen molar-refractivity contribution in [3.63, 3.8) is 0 Å². The van der Waals surface area contributed by atoms with Gasteiger partial charge in [-0.05, 0) is 54.1 Å². The number of alkyl halides is 2. The number of rotatable bonds is 4. The van der Waals surface area contributed by atoms with E-state index >= 15 is 0 Å². The van der Waals surface area contributed by atoms with Crippen LogP contribution in [0.5, 0.6) is 5.75 Å². The topological polar surface area (TPSA) is 46.0 Å². The van der Waals surface area contributed by atoms with E-state index in [1.54, 1.807) is 24.3 Å². The predicted octanol–water partition coefficient (Wildman–Crippen LogP) is 4.16. The molecule has 0 atom stereocenters. The lowest BCUT2D eigenvalue weighted by atomic mass is 10.1. The first-order valence-corrected chi connectivity index (χ1v) is 7.93. The minimum absolute atomic E-state index is 0.101. The Morgan fingerprint density at radius 3 is 2.38 bits per heavy atom. The average molecular weight is 351 g/mol. The largest absolute Gasteiger partial charge is 0.435 e. The number of nitrogens with zero attached hydrogens (tertiary/aromatic N) is 2. The van der Waals surface area contributed by atoms with E-state index in [-0.39, 0.29) is 11.6 Å². The van der Waals surface area contributed by atoms with Gasteiger partial charge in [0.15, 0.2) is 5.17 Å². The van der Waals surface area contributed by atoms with Crippen LogP contribution >= 0.6 is 11.8 Å². The Bertz CT molecular complexity index is 761. The molecule has 4 nitrogen and oxygen atoms in total. The van der Waals surface area contributed by atoms with Crippen molar-refractivity contribution in [1.29, 1.82) is 0 Å². The highest BCUT2D eigenvalue weighted by Crippen LogP contribution is 2.20. The van der Waals surface area contributed by atoms with Crippen LogP contribution in [-0.2, 0) is 0 Å². The molecule has 3 rings (SSSR count). The maximum absolute atomic E-state index is 12.9. The number of nitrogens with one attached hydrogen (secondary N) is 1. The Labute approximate surface area is 140 Å². The molecule has 0 unspecified atom stereocenters. The monoisotopic (exact) mass is 351 g/mol. The fraction of sp³-hybridized carbons (Fsp3) is 0.125. The SMILES string of the molecule is Fc1ccc(N=C2NN=C(c3ccc(OC(F)F)cc3)CS2)cc1. The minimum Gasteiger partial charge on any atom is -0.435 e. The Morgan fingerprint density at radius 2 is 1.79 bits per heavy atom. The van der Waals surface area contributed by atoms with Crippen LogP contribution in [0.25, 0.3) is 0 Å². The van der Waals surface area contributed by atoms with Gasteiger partial charge in [0.2, 0.25) is 0 Å². The number of halogens is 3. The molecule has 2 aromatic carbocycles. The van der Waals surface area contributed by atoms with Crippen molar-refractivity contribution in [1.82, 2.24) is 5.43 Å². The Balaban J connectivity index is 1.67. The molecule has 0 saturated heterocycles. The molecule has 1 aliphatic rings. The lowest BCUT2D eigenvalue weighted by Crippen LogP contribution is -2.25. The van der Waals surface area contributed by atoms with Crippen LogP contribution in [-0.4, -0.2) is 23.2 Å². The van der Waals surface area contributed by atoms with Gasteiger partial charge in [-0.15, -0.1) is 0 Å². The normalized spacial score (nSPS) is 16.0. The van der Waals surface area contributed by atoms with Gasteiger partial charge in [-0.1, -0.05) is 11.8 Å². The van der Waals surface area contributed by atoms with E-state index < -0.39 is 6.61 Å². The predicted molar refractivity (Wildman–Crippen MR) is 88.7 cm³/mol. The summed E-state index contributed by atoms with van der Waals surface area (Å²) in [5, 5.41) is 4.84. The van der Waals surface area contributed by atoms with Gasteiger partial charge in [-0.25, -0.2) is 9.38 Å². The van der Waals surface area contributed by atoms with Crippen molar-refractivity contribution in [2.45, 2.75) is 6.61 Å². The van der Waals surface area contributed by atoms with Crippen molar-refractivity contribution in [3.05, 3.63) is 59.9 Å². The number of aliphatic imine (C=N–C) groups is 1. The molecule has 0 fully saturated rings. The van der Waals surface area contributed by atoms with Crippen molar-refractivity contribution in [2.75, 3.05) is 5.75 Å². The smallest absolute Gasteiger partial charge is 0.387 e. The third-order valence-corrected chi connectivity index (χ3v) is 3.98. The summed E-state index contributed by atoms with van der Waals surface area (Å²) in [7, 11) is 0. The summed E-state index contributed by atoms with van der Waals surface area (Å²) >= 11 is 1.44. The maximum Gasteiger partial charge on any atom is 0.387 e. The van der Waals surface area contributed by atoms with Gasteiger partial charge in [-0.3, -0.25) is 5.43 Å². The van der Waals surface area contributed by atoms with E-state index in [0.29, 0.717) is 16.6 Å². The van der Waals surface area contributed by atoms with Crippen molar-refractivity contribution in [3.8, 4) is 5.75 Å². The zero-order chi connectivity index (χ0) is 16.9. The van der Waals surface area contributed by atoms with Gasteiger partial charge in [0.05, 0.1) is 11.4 Å². The zero-order valence-electron chi connectivity index (χ0n) is 12.2. The van der Waals surface area contributed by atoms with Gasteiger partial charge in [0.25, 0.3) is 0 Å². The van der Waals surface area contributed by atoms with Crippen LogP contribution in [0, 0.1) is 5.82 Å². The summed E-state index contributed by atoms with van der Waals surface area (Å²) in [6.45, 7) is -2.84. The summed E-state index contributed by atoms with van der Waals surface area (Å²) in [5.41, 5.74) is 5.03. The van der Waals surface area contributed by atoms with Crippen molar-refractivity contribution in [2.24, 2.45) is 10.1 Å². The Morgan fingerprint density at radius 1 is 1.08 bits per heavy atom. The third-order valence-electron chi connectivity index (χ3n) is 3.10. The molecule has 0 aliphatic carbocycles. The van der Waals surface area contributed by atoms with Crippen LogP contribution < -0.4 is 10.2 Å². The molecule has 0 radical (unpaired) electrons. The molecule has 24 heavy (non-hydrogen) atoms. The summed E-state index contributed by atoms with van der Waals surface area (Å²) in [4.78, 5) is 4.33. The minimum atomic E-state index is -2.84. The number of amidine groups is 1. The lowest BCUT2D eigenvalue weighted by molar-refractivity contribution is -0.0498. The summed E-state index contributed by atoms with van der Waals surface area (Å²) in [5.74, 6) is 0.356. The van der Waals surface area contributed by atoms with Crippen LogP contribution in [0.4, 0.5) is 18.9 Å². The number of hydrazone groups is 1. The molecule has 1 N–H and O–H groups in total. The molecule has 0 saturated carbocycles. The van der Waals surface area contributed by atoms with Gasteiger partial charge in [-0.2, -0.15) is 13.9 Å². The van der Waals surface area contributed by atoms with Gasteiger partial charge in [0, 0.05) is 5.75 Å². The molecule has 1 aliphatic heterocycles. The van der Waals surface area contributed by atoms with E-state index in [0.717, 1.165) is 11.3 Å². The highest BCUT2D eigenvalue weighted by Gasteiger charge is 2.13. The molecule has 2 aromatic rings. The fourth-order valence-electron chi connectivity index (χ4n) is 1.98. The molecule has 8 heteroatoms. The number of thioether (sulfide) groups is 1. The number of ether oxygens (including phenoxy) is 1. The Hall–Kier alpha value is -2.48. The van der Waals surface area contributed by atoms with E-state index in [2.05, 4.69) is 20.3 Å². The maximum atomic E-state index is 12.9.